The second-order valence-electron chi connectivity index (χ2n) is 4.84. The largest absolute Gasteiger partial charge is 0.478 e. The Bertz CT molecular complexity index is 466. The van der Waals surface area contributed by atoms with Crippen molar-refractivity contribution in [3.05, 3.63) is 41.2 Å². The summed E-state index contributed by atoms with van der Waals surface area (Å²) in [7, 11) is 0. The Kier molecular flexibility index (Phi) is 6.94. The molecule has 0 saturated carbocycles. The maximum atomic E-state index is 13.6. The van der Waals surface area contributed by atoms with Crippen LogP contribution < -0.4 is 0 Å². The minimum atomic E-state index is -1.03. The van der Waals surface area contributed by atoms with Crippen LogP contribution in [0.1, 0.15) is 37.8 Å². The summed E-state index contributed by atoms with van der Waals surface area (Å²) in [6, 6.07) is 4.68. The number of aliphatic carboxylic acids is 1. The van der Waals surface area contributed by atoms with Crippen LogP contribution in [0.2, 0.25) is 0 Å². The fourth-order valence-corrected chi connectivity index (χ4v) is 2.19. The van der Waals surface area contributed by atoms with E-state index in [-0.39, 0.29) is 5.82 Å². The van der Waals surface area contributed by atoms with E-state index in [0.717, 1.165) is 37.6 Å². The Morgan fingerprint density at radius 1 is 1.25 bits per heavy atom. The van der Waals surface area contributed by atoms with Gasteiger partial charge in [-0.25, -0.2) is 9.18 Å². The number of hydrogen-bond acceptors (Lipinski definition) is 2. The van der Waals surface area contributed by atoms with Crippen molar-refractivity contribution in [3.63, 3.8) is 0 Å². The summed E-state index contributed by atoms with van der Waals surface area (Å²) < 4.78 is 13.6. The Morgan fingerprint density at radius 3 is 2.45 bits per heavy atom. The third-order valence-corrected chi connectivity index (χ3v) is 2.88. The molecule has 0 saturated heterocycles. The second-order valence-corrected chi connectivity index (χ2v) is 4.84. The highest BCUT2D eigenvalue weighted by atomic mass is 19.1. The van der Waals surface area contributed by atoms with Gasteiger partial charge in [-0.1, -0.05) is 19.9 Å². The Morgan fingerprint density at radius 2 is 1.90 bits per heavy atom. The number of benzene rings is 1. The topological polar surface area (TPSA) is 40.5 Å². The highest BCUT2D eigenvalue weighted by Crippen LogP contribution is 2.13. The normalized spacial score (nSPS) is 11.4. The lowest BCUT2D eigenvalue weighted by Gasteiger charge is -2.21. The Balaban J connectivity index is 2.85. The fourth-order valence-electron chi connectivity index (χ4n) is 2.19. The third kappa shape index (κ3) is 5.97. The summed E-state index contributed by atoms with van der Waals surface area (Å²) in [4.78, 5) is 12.8. The van der Waals surface area contributed by atoms with Crippen molar-refractivity contribution < 1.29 is 14.3 Å². The van der Waals surface area contributed by atoms with Gasteiger partial charge in [-0.2, -0.15) is 0 Å². The van der Waals surface area contributed by atoms with Gasteiger partial charge in [-0.15, -0.1) is 0 Å². The van der Waals surface area contributed by atoms with Crippen LogP contribution in [0, 0.1) is 5.82 Å². The first-order valence-electron chi connectivity index (χ1n) is 6.98. The lowest BCUT2D eigenvalue weighted by Crippen LogP contribution is -2.24. The molecule has 0 amide bonds. The standard InChI is InChI=1S/C16H22FNO2/c1-3-7-18(8-4-2)12-14-9-13(5-6-16(19)20)10-15(17)11-14/h5-6,9-11H,3-4,7-8,12H2,1-2H3,(H,19,20). The summed E-state index contributed by atoms with van der Waals surface area (Å²) in [6.45, 7) is 6.88. The van der Waals surface area contributed by atoms with Crippen molar-refractivity contribution in [2.24, 2.45) is 0 Å². The average Bonchev–Trinajstić information content (AvgIpc) is 2.36. The summed E-state index contributed by atoms with van der Waals surface area (Å²) in [5, 5.41) is 8.61. The van der Waals surface area contributed by atoms with E-state index in [1.54, 1.807) is 0 Å². The molecule has 0 unspecified atom stereocenters. The zero-order chi connectivity index (χ0) is 15.0. The van der Waals surface area contributed by atoms with Crippen molar-refractivity contribution in [2.45, 2.75) is 33.2 Å². The molecule has 0 bridgehead atoms. The molecule has 1 aromatic rings. The maximum Gasteiger partial charge on any atom is 0.328 e. The van der Waals surface area contributed by atoms with Gasteiger partial charge in [-0.05, 0) is 55.3 Å². The van der Waals surface area contributed by atoms with E-state index in [1.165, 1.54) is 18.2 Å². The van der Waals surface area contributed by atoms with Crippen molar-refractivity contribution in [2.75, 3.05) is 13.1 Å². The zero-order valence-corrected chi connectivity index (χ0v) is 12.1. The van der Waals surface area contributed by atoms with Crippen LogP contribution in [-0.2, 0) is 11.3 Å². The molecule has 0 aliphatic heterocycles. The molecule has 0 aliphatic rings. The van der Waals surface area contributed by atoms with Crippen LogP contribution in [0.25, 0.3) is 6.08 Å². The average molecular weight is 279 g/mol. The fraction of sp³-hybridized carbons (Fsp3) is 0.438. The molecule has 0 heterocycles. The molecule has 4 heteroatoms. The number of carboxylic acid groups (broad SMARTS) is 1. The van der Waals surface area contributed by atoms with Gasteiger partial charge >= 0.3 is 5.97 Å². The van der Waals surface area contributed by atoms with Crippen molar-refractivity contribution in [1.29, 1.82) is 0 Å². The third-order valence-electron chi connectivity index (χ3n) is 2.88. The van der Waals surface area contributed by atoms with Crippen molar-refractivity contribution in [3.8, 4) is 0 Å². The van der Waals surface area contributed by atoms with Gasteiger partial charge < -0.3 is 5.11 Å². The first-order chi connectivity index (χ1) is 9.55. The number of hydrogen-bond donors (Lipinski definition) is 1. The van der Waals surface area contributed by atoms with E-state index in [1.807, 2.05) is 6.07 Å². The first kappa shape index (κ1) is 16.4. The molecule has 20 heavy (non-hydrogen) atoms. The van der Waals surface area contributed by atoms with Gasteiger partial charge in [0.1, 0.15) is 5.82 Å². The van der Waals surface area contributed by atoms with Crippen LogP contribution >= 0.6 is 0 Å². The molecule has 1 N–H and O–H groups in total. The zero-order valence-electron chi connectivity index (χ0n) is 12.1. The van der Waals surface area contributed by atoms with E-state index < -0.39 is 5.97 Å². The van der Waals surface area contributed by atoms with Gasteiger partial charge in [-0.3, -0.25) is 4.90 Å². The molecule has 110 valence electrons. The molecule has 0 atom stereocenters. The molecule has 0 spiro atoms. The number of carboxylic acids is 1. The lowest BCUT2D eigenvalue weighted by molar-refractivity contribution is -0.131. The second kappa shape index (κ2) is 8.48. The molecule has 1 aromatic carbocycles. The highest BCUT2D eigenvalue weighted by molar-refractivity contribution is 5.85. The molecule has 1 rings (SSSR count). The minimum Gasteiger partial charge on any atom is -0.478 e. The van der Waals surface area contributed by atoms with E-state index in [0.29, 0.717) is 12.1 Å². The van der Waals surface area contributed by atoms with Crippen molar-refractivity contribution in [1.82, 2.24) is 4.90 Å². The van der Waals surface area contributed by atoms with Crippen LogP contribution in [0.15, 0.2) is 24.3 Å². The van der Waals surface area contributed by atoms with Crippen LogP contribution in [0.4, 0.5) is 4.39 Å². The maximum absolute atomic E-state index is 13.6. The molecule has 0 aliphatic carbocycles. The molecule has 0 fully saturated rings. The summed E-state index contributed by atoms with van der Waals surface area (Å²) in [5.41, 5.74) is 1.45. The van der Waals surface area contributed by atoms with Gasteiger partial charge in [0.25, 0.3) is 0 Å². The van der Waals surface area contributed by atoms with Gasteiger partial charge in [0.2, 0.25) is 0 Å². The van der Waals surface area contributed by atoms with Gasteiger partial charge in [0, 0.05) is 12.6 Å². The predicted molar refractivity (Wildman–Crippen MR) is 78.9 cm³/mol. The van der Waals surface area contributed by atoms with E-state index in [4.69, 9.17) is 5.11 Å². The Labute approximate surface area is 119 Å². The molecule has 0 radical (unpaired) electrons. The van der Waals surface area contributed by atoms with Crippen LogP contribution in [0.5, 0.6) is 0 Å². The van der Waals surface area contributed by atoms with Gasteiger partial charge in [0.15, 0.2) is 0 Å². The molecular formula is C16H22FNO2. The SMILES string of the molecule is CCCN(CCC)Cc1cc(F)cc(C=CC(=O)O)c1. The number of rotatable bonds is 8. The number of halogens is 1. The van der Waals surface area contributed by atoms with E-state index in [2.05, 4.69) is 18.7 Å². The molecule has 0 aromatic heterocycles. The predicted octanol–water partition coefficient (Wildman–Crippen LogP) is 3.55. The Hall–Kier alpha value is -1.68. The number of nitrogens with zero attached hydrogens (tertiary/aromatic N) is 1. The summed E-state index contributed by atoms with van der Waals surface area (Å²) in [6.07, 6.45) is 4.55. The summed E-state index contributed by atoms with van der Waals surface area (Å²) >= 11 is 0. The lowest BCUT2D eigenvalue weighted by atomic mass is 10.1. The molecular weight excluding hydrogens is 257 g/mol. The summed E-state index contributed by atoms with van der Waals surface area (Å²) in [5.74, 6) is -1.37. The van der Waals surface area contributed by atoms with Gasteiger partial charge in [0.05, 0.1) is 0 Å². The van der Waals surface area contributed by atoms with E-state index in [9.17, 15) is 9.18 Å². The molecule has 3 nitrogen and oxygen atoms in total. The van der Waals surface area contributed by atoms with Crippen LogP contribution in [0.3, 0.4) is 0 Å². The minimum absolute atomic E-state index is 0.333. The number of carbonyl (C=O) groups is 1. The van der Waals surface area contributed by atoms with E-state index >= 15 is 0 Å². The quantitative estimate of drug-likeness (QED) is 0.740. The van der Waals surface area contributed by atoms with Crippen LogP contribution in [-0.4, -0.2) is 29.1 Å². The monoisotopic (exact) mass is 279 g/mol. The highest BCUT2D eigenvalue weighted by Gasteiger charge is 2.06. The first-order valence-corrected chi connectivity index (χ1v) is 6.98. The van der Waals surface area contributed by atoms with Crippen molar-refractivity contribution >= 4 is 12.0 Å². The smallest absolute Gasteiger partial charge is 0.328 e.